The van der Waals surface area contributed by atoms with Crippen LogP contribution in [0.3, 0.4) is 0 Å². The Hall–Kier alpha value is -3.80. The highest BCUT2D eigenvalue weighted by atomic mass is 19.4. The number of nitrogens with zero attached hydrogens (tertiary/aromatic N) is 2. The van der Waals surface area contributed by atoms with Crippen molar-refractivity contribution in [1.29, 1.82) is 0 Å². The van der Waals surface area contributed by atoms with Gasteiger partial charge in [0.1, 0.15) is 11.4 Å². The summed E-state index contributed by atoms with van der Waals surface area (Å²) in [6.45, 7) is 7.36. The quantitative estimate of drug-likeness (QED) is 0.638. The van der Waals surface area contributed by atoms with E-state index in [4.69, 9.17) is 11.7 Å². The summed E-state index contributed by atoms with van der Waals surface area (Å²) < 4.78 is 41.1. The van der Waals surface area contributed by atoms with Crippen LogP contribution in [0.4, 0.5) is 18.9 Å². The Balaban J connectivity index is 1.99. The number of rotatable bonds is 4. The van der Waals surface area contributed by atoms with Gasteiger partial charge >= 0.3 is 12.3 Å². The summed E-state index contributed by atoms with van der Waals surface area (Å²) in [4.78, 5) is 14.3. The second-order valence-electron chi connectivity index (χ2n) is 5.39. The Morgan fingerprint density at radius 3 is 2.56 bits per heavy atom. The number of nitrogens with one attached hydrogen (secondary N) is 1. The number of hydrogen-bond donors (Lipinski definition) is 2. The van der Waals surface area contributed by atoms with Gasteiger partial charge in [0.2, 0.25) is 0 Å². The van der Waals surface area contributed by atoms with Gasteiger partial charge in [-0.05, 0) is 41.0 Å². The molecule has 0 amide bonds. The summed E-state index contributed by atoms with van der Waals surface area (Å²) in [6.07, 6.45) is -4.81. The minimum Gasteiger partial charge on any atom is -0.477 e. The molecule has 0 bridgehead atoms. The van der Waals surface area contributed by atoms with E-state index in [-0.39, 0.29) is 11.4 Å². The van der Waals surface area contributed by atoms with Gasteiger partial charge in [0.05, 0.1) is 12.3 Å². The molecule has 3 aromatic rings. The minimum absolute atomic E-state index is 0.101. The zero-order chi connectivity index (χ0) is 19.6. The SMILES string of the molecule is [C-]#[N+]c1cc(-c2cc(C(=O)O)[nH]n2)ccc1-c1cccc(OC(F)(F)F)c1. The Labute approximate surface area is 150 Å². The summed E-state index contributed by atoms with van der Waals surface area (Å²) >= 11 is 0. The molecule has 0 radical (unpaired) electrons. The number of ether oxygens (including phenoxy) is 1. The third kappa shape index (κ3) is 4.07. The van der Waals surface area contributed by atoms with E-state index in [9.17, 15) is 18.0 Å². The molecule has 0 fully saturated rings. The first kappa shape index (κ1) is 18.0. The van der Waals surface area contributed by atoms with Crippen molar-refractivity contribution < 1.29 is 27.8 Å². The van der Waals surface area contributed by atoms with Crippen LogP contribution < -0.4 is 4.74 Å². The van der Waals surface area contributed by atoms with E-state index >= 15 is 0 Å². The Morgan fingerprint density at radius 1 is 1.15 bits per heavy atom. The molecular formula is C18H10F3N3O3. The minimum atomic E-state index is -4.81. The van der Waals surface area contributed by atoms with E-state index in [0.717, 1.165) is 0 Å². The fourth-order valence-corrected chi connectivity index (χ4v) is 2.47. The maximum atomic E-state index is 12.4. The van der Waals surface area contributed by atoms with Crippen LogP contribution in [0.5, 0.6) is 5.75 Å². The molecule has 0 spiro atoms. The van der Waals surface area contributed by atoms with Crippen molar-refractivity contribution in [3.05, 3.63) is 65.6 Å². The number of H-pyrrole nitrogens is 1. The fourth-order valence-electron chi connectivity index (χ4n) is 2.47. The molecule has 136 valence electrons. The Morgan fingerprint density at radius 2 is 1.93 bits per heavy atom. The van der Waals surface area contributed by atoms with Crippen molar-refractivity contribution >= 4 is 11.7 Å². The van der Waals surface area contributed by atoms with Gasteiger partial charge in [-0.15, -0.1) is 13.2 Å². The van der Waals surface area contributed by atoms with E-state index in [1.165, 1.54) is 30.3 Å². The summed E-state index contributed by atoms with van der Waals surface area (Å²) in [5, 5.41) is 15.2. The highest BCUT2D eigenvalue weighted by Gasteiger charge is 2.31. The summed E-state index contributed by atoms with van der Waals surface area (Å²) in [6, 6.07) is 11.3. The van der Waals surface area contributed by atoms with E-state index in [1.807, 2.05) is 0 Å². The number of aromatic carboxylic acids is 1. The average molecular weight is 373 g/mol. The lowest BCUT2D eigenvalue weighted by atomic mass is 10.0. The maximum Gasteiger partial charge on any atom is 0.573 e. The van der Waals surface area contributed by atoms with Crippen LogP contribution >= 0.6 is 0 Å². The van der Waals surface area contributed by atoms with Crippen LogP contribution in [-0.4, -0.2) is 27.6 Å². The summed E-state index contributed by atoms with van der Waals surface area (Å²) in [5.41, 5.74) is 1.69. The third-order valence-electron chi connectivity index (χ3n) is 3.60. The Bertz CT molecular complexity index is 1050. The summed E-state index contributed by atoms with van der Waals surface area (Å²) in [7, 11) is 0. The number of carboxylic acids is 1. The van der Waals surface area contributed by atoms with Crippen LogP contribution in [0.25, 0.3) is 27.2 Å². The Kier molecular flexibility index (Phi) is 4.56. The van der Waals surface area contributed by atoms with Gasteiger partial charge < -0.3 is 9.84 Å². The molecule has 0 saturated carbocycles. The van der Waals surface area contributed by atoms with Gasteiger partial charge in [-0.1, -0.05) is 24.3 Å². The second-order valence-corrected chi connectivity index (χ2v) is 5.39. The van der Waals surface area contributed by atoms with Crippen LogP contribution in [0, 0.1) is 6.57 Å². The lowest BCUT2D eigenvalue weighted by molar-refractivity contribution is -0.274. The number of aromatic amines is 1. The van der Waals surface area contributed by atoms with Crippen molar-refractivity contribution in [2.24, 2.45) is 0 Å². The number of halogens is 3. The number of aromatic nitrogens is 2. The number of alkyl halides is 3. The number of carbonyl (C=O) groups is 1. The van der Waals surface area contributed by atoms with Crippen molar-refractivity contribution in [3.63, 3.8) is 0 Å². The van der Waals surface area contributed by atoms with Gasteiger partial charge in [0.15, 0.2) is 5.69 Å². The number of carboxylic acid groups (broad SMARTS) is 1. The monoisotopic (exact) mass is 373 g/mol. The average Bonchev–Trinajstić information content (AvgIpc) is 3.10. The van der Waals surface area contributed by atoms with Crippen molar-refractivity contribution in [3.8, 4) is 28.1 Å². The van der Waals surface area contributed by atoms with Crippen LogP contribution in [0.15, 0.2) is 48.5 Å². The maximum absolute atomic E-state index is 12.4. The molecule has 1 aromatic heterocycles. The molecule has 1 heterocycles. The first-order valence-corrected chi connectivity index (χ1v) is 7.43. The van der Waals surface area contributed by atoms with Crippen LogP contribution in [0.1, 0.15) is 10.5 Å². The molecular weight excluding hydrogens is 363 g/mol. The van der Waals surface area contributed by atoms with Crippen molar-refractivity contribution in [1.82, 2.24) is 10.2 Å². The molecule has 0 aliphatic rings. The first-order valence-electron chi connectivity index (χ1n) is 7.43. The van der Waals surface area contributed by atoms with Crippen molar-refractivity contribution in [2.45, 2.75) is 6.36 Å². The standard InChI is InChI=1S/C18H10F3N3O3/c1-22-15-8-11(14-9-16(17(25)26)24-23-14)5-6-13(15)10-3-2-4-12(7-10)27-18(19,20)21/h2-9H,(H,23,24)(H,25,26). The normalized spacial score (nSPS) is 11.0. The molecule has 9 heteroatoms. The van der Waals surface area contributed by atoms with Crippen LogP contribution in [-0.2, 0) is 0 Å². The van der Waals surface area contributed by atoms with Gasteiger partial charge in [0.25, 0.3) is 0 Å². The molecule has 6 nitrogen and oxygen atoms in total. The van der Waals surface area contributed by atoms with E-state index < -0.39 is 18.1 Å². The first-order chi connectivity index (χ1) is 12.8. The number of hydrogen-bond acceptors (Lipinski definition) is 3. The largest absolute Gasteiger partial charge is 0.573 e. The van der Waals surface area contributed by atoms with Crippen molar-refractivity contribution in [2.75, 3.05) is 0 Å². The zero-order valence-corrected chi connectivity index (χ0v) is 13.4. The zero-order valence-electron chi connectivity index (χ0n) is 13.4. The second kappa shape index (κ2) is 6.84. The lowest BCUT2D eigenvalue weighted by Crippen LogP contribution is -2.17. The molecule has 0 aliphatic carbocycles. The molecule has 0 unspecified atom stereocenters. The smallest absolute Gasteiger partial charge is 0.477 e. The topological polar surface area (TPSA) is 79.6 Å². The lowest BCUT2D eigenvalue weighted by Gasteiger charge is -2.11. The van der Waals surface area contributed by atoms with Gasteiger partial charge in [0, 0.05) is 0 Å². The third-order valence-corrected chi connectivity index (χ3v) is 3.60. The van der Waals surface area contributed by atoms with E-state index in [2.05, 4.69) is 19.8 Å². The van der Waals surface area contributed by atoms with Gasteiger partial charge in [-0.25, -0.2) is 9.64 Å². The van der Waals surface area contributed by atoms with Gasteiger partial charge in [-0.3, -0.25) is 5.10 Å². The highest BCUT2D eigenvalue weighted by molar-refractivity contribution is 5.88. The van der Waals surface area contributed by atoms with Gasteiger partial charge in [-0.2, -0.15) is 5.10 Å². The summed E-state index contributed by atoms with van der Waals surface area (Å²) in [5.74, 6) is -1.56. The highest BCUT2D eigenvalue weighted by Crippen LogP contribution is 2.36. The molecule has 0 saturated heterocycles. The van der Waals surface area contributed by atoms with Crippen LogP contribution in [0.2, 0.25) is 0 Å². The number of benzene rings is 2. The molecule has 2 aromatic carbocycles. The predicted molar refractivity (Wildman–Crippen MR) is 89.4 cm³/mol. The molecule has 3 rings (SSSR count). The fraction of sp³-hybridized carbons (Fsp3) is 0.0556. The molecule has 0 aliphatic heterocycles. The molecule has 27 heavy (non-hydrogen) atoms. The van der Waals surface area contributed by atoms with E-state index in [1.54, 1.807) is 18.2 Å². The molecule has 0 atom stereocenters. The predicted octanol–water partition coefficient (Wildman–Crippen LogP) is 4.89. The van der Waals surface area contributed by atoms with E-state index in [0.29, 0.717) is 22.4 Å². The molecule has 2 N–H and O–H groups in total.